The van der Waals surface area contributed by atoms with Crippen LogP contribution in [0.1, 0.15) is 72.1 Å². The minimum atomic E-state index is -0.579. The van der Waals surface area contributed by atoms with Gasteiger partial charge in [-0.05, 0) is 32.1 Å². The van der Waals surface area contributed by atoms with Crippen molar-refractivity contribution in [3.8, 4) is 0 Å². The number of nitrogens with zero attached hydrogens (tertiary/aromatic N) is 1. The molecule has 1 aliphatic carbocycles. The van der Waals surface area contributed by atoms with E-state index in [1.165, 1.54) is 0 Å². The molecule has 1 N–H and O–H groups in total. The zero-order valence-corrected chi connectivity index (χ0v) is 13.1. The van der Waals surface area contributed by atoms with Crippen LogP contribution in [0.2, 0.25) is 0 Å². The highest BCUT2D eigenvalue weighted by Gasteiger charge is 2.52. The topological polar surface area (TPSA) is 49.4 Å². The molecule has 0 aromatic heterocycles. The Balaban J connectivity index is 2.32. The summed E-state index contributed by atoms with van der Waals surface area (Å²) in [6.45, 7) is 6.29. The summed E-state index contributed by atoms with van der Waals surface area (Å²) in [6.07, 6.45) is 7.25. The van der Waals surface area contributed by atoms with Gasteiger partial charge in [-0.15, -0.1) is 0 Å². The van der Waals surface area contributed by atoms with Crippen LogP contribution < -0.4 is 5.32 Å². The predicted molar refractivity (Wildman–Crippen MR) is 79.3 cm³/mol. The molecule has 4 nitrogen and oxygen atoms in total. The first-order valence-electron chi connectivity index (χ1n) is 8.24. The standard InChI is InChI=1S/C16H28N2O2/c1-4-9-13-14(19)17-16(10-7-8-11-16)15(20)18(13)12(5-2)6-3/h12-13H,4-11H2,1-3H3,(H,17,19). The summed E-state index contributed by atoms with van der Waals surface area (Å²) < 4.78 is 0. The predicted octanol–water partition coefficient (Wildman–Crippen LogP) is 2.61. The van der Waals surface area contributed by atoms with Crippen molar-refractivity contribution in [1.29, 1.82) is 0 Å². The van der Waals surface area contributed by atoms with E-state index >= 15 is 0 Å². The van der Waals surface area contributed by atoms with Gasteiger partial charge in [-0.25, -0.2) is 0 Å². The lowest BCUT2D eigenvalue weighted by Crippen LogP contribution is -2.71. The monoisotopic (exact) mass is 280 g/mol. The van der Waals surface area contributed by atoms with Gasteiger partial charge in [0.25, 0.3) is 0 Å². The van der Waals surface area contributed by atoms with Crippen LogP contribution >= 0.6 is 0 Å². The first-order valence-corrected chi connectivity index (χ1v) is 8.24. The Labute approximate surface area is 122 Å². The Morgan fingerprint density at radius 2 is 1.80 bits per heavy atom. The molecule has 1 unspecified atom stereocenters. The fourth-order valence-electron chi connectivity index (χ4n) is 3.85. The van der Waals surface area contributed by atoms with Gasteiger partial charge in [-0.3, -0.25) is 9.59 Å². The van der Waals surface area contributed by atoms with Gasteiger partial charge in [0, 0.05) is 6.04 Å². The minimum absolute atomic E-state index is 0.0697. The quantitative estimate of drug-likeness (QED) is 0.841. The second-order valence-corrected chi connectivity index (χ2v) is 6.27. The van der Waals surface area contributed by atoms with Crippen LogP contribution in [0, 0.1) is 0 Å². The molecular weight excluding hydrogens is 252 g/mol. The van der Waals surface area contributed by atoms with Crippen LogP contribution in [0.15, 0.2) is 0 Å². The summed E-state index contributed by atoms with van der Waals surface area (Å²) in [5.74, 6) is 0.252. The van der Waals surface area contributed by atoms with Crippen molar-refractivity contribution in [3.05, 3.63) is 0 Å². The van der Waals surface area contributed by atoms with Gasteiger partial charge in [0.2, 0.25) is 11.8 Å². The molecule has 1 saturated heterocycles. The number of rotatable bonds is 5. The van der Waals surface area contributed by atoms with E-state index in [9.17, 15) is 9.59 Å². The molecule has 1 saturated carbocycles. The average Bonchev–Trinajstić information content (AvgIpc) is 2.90. The number of carbonyl (C=O) groups excluding carboxylic acids is 2. The van der Waals surface area contributed by atoms with Gasteiger partial charge in [0.1, 0.15) is 11.6 Å². The van der Waals surface area contributed by atoms with Crippen molar-refractivity contribution >= 4 is 11.8 Å². The molecule has 2 fully saturated rings. The van der Waals surface area contributed by atoms with Gasteiger partial charge in [-0.2, -0.15) is 0 Å². The van der Waals surface area contributed by atoms with Crippen LogP contribution in [0.25, 0.3) is 0 Å². The molecular formula is C16H28N2O2. The molecule has 0 aromatic carbocycles. The van der Waals surface area contributed by atoms with Gasteiger partial charge in [-0.1, -0.05) is 40.0 Å². The maximum atomic E-state index is 13.1. The first-order chi connectivity index (χ1) is 9.59. The molecule has 114 valence electrons. The van der Waals surface area contributed by atoms with E-state index in [4.69, 9.17) is 0 Å². The highest BCUT2D eigenvalue weighted by atomic mass is 16.2. The first kappa shape index (κ1) is 15.3. The summed E-state index contributed by atoms with van der Waals surface area (Å²) in [7, 11) is 0. The van der Waals surface area contributed by atoms with Crippen LogP contribution in [0.3, 0.4) is 0 Å². The Bertz CT molecular complexity index is 371. The van der Waals surface area contributed by atoms with E-state index in [-0.39, 0.29) is 23.9 Å². The third kappa shape index (κ3) is 2.45. The minimum Gasteiger partial charge on any atom is -0.340 e. The van der Waals surface area contributed by atoms with E-state index in [2.05, 4.69) is 26.1 Å². The van der Waals surface area contributed by atoms with E-state index in [1.807, 2.05) is 4.90 Å². The number of piperazine rings is 1. The number of hydrogen-bond acceptors (Lipinski definition) is 2. The summed E-state index contributed by atoms with van der Waals surface area (Å²) in [4.78, 5) is 27.5. The molecule has 1 heterocycles. The Hall–Kier alpha value is -1.06. The normalized spacial score (nSPS) is 25.6. The van der Waals surface area contributed by atoms with Crippen LogP contribution in [0.5, 0.6) is 0 Å². The molecule has 2 amide bonds. The molecule has 2 rings (SSSR count). The third-order valence-electron chi connectivity index (χ3n) is 5.00. The van der Waals surface area contributed by atoms with E-state index in [1.54, 1.807) is 0 Å². The lowest BCUT2D eigenvalue weighted by Gasteiger charge is -2.47. The molecule has 0 radical (unpaired) electrons. The number of amides is 2. The Kier molecular flexibility index (Phi) is 4.71. The molecule has 20 heavy (non-hydrogen) atoms. The second kappa shape index (κ2) is 6.15. The largest absolute Gasteiger partial charge is 0.340 e. The molecule has 2 aliphatic rings. The van der Waals surface area contributed by atoms with Crippen molar-refractivity contribution in [2.24, 2.45) is 0 Å². The fraction of sp³-hybridized carbons (Fsp3) is 0.875. The van der Waals surface area contributed by atoms with Crippen LogP contribution in [0.4, 0.5) is 0 Å². The summed E-state index contributed by atoms with van der Waals surface area (Å²) >= 11 is 0. The molecule has 1 atom stereocenters. The van der Waals surface area contributed by atoms with Crippen LogP contribution in [-0.4, -0.2) is 34.3 Å². The number of carbonyl (C=O) groups is 2. The van der Waals surface area contributed by atoms with Crippen molar-refractivity contribution in [1.82, 2.24) is 10.2 Å². The maximum absolute atomic E-state index is 13.1. The third-order valence-corrected chi connectivity index (χ3v) is 5.00. The SMILES string of the molecule is CCCC1C(=O)NC2(CCCC2)C(=O)N1C(CC)CC. The lowest BCUT2D eigenvalue weighted by molar-refractivity contribution is -0.158. The molecule has 0 aromatic rings. The highest BCUT2D eigenvalue weighted by Crippen LogP contribution is 2.36. The number of hydrogen-bond donors (Lipinski definition) is 1. The Morgan fingerprint density at radius 1 is 1.20 bits per heavy atom. The fourth-order valence-corrected chi connectivity index (χ4v) is 3.85. The van der Waals surface area contributed by atoms with Gasteiger partial charge in [0.05, 0.1) is 0 Å². The van der Waals surface area contributed by atoms with Gasteiger partial charge >= 0.3 is 0 Å². The van der Waals surface area contributed by atoms with Crippen molar-refractivity contribution in [3.63, 3.8) is 0 Å². The van der Waals surface area contributed by atoms with Crippen molar-refractivity contribution in [2.75, 3.05) is 0 Å². The summed E-state index contributed by atoms with van der Waals surface area (Å²) in [5, 5.41) is 3.08. The smallest absolute Gasteiger partial charge is 0.249 e. The van der Waals surface area contributed by atoms with E-state index < -0.39 is 5.54 Å². The zero-order chi connectivity index (χ0) is 14.8. The second-order valence-electron chi connectivity index (χ2n) is 6.27. The zero-order valence-electron chi connectivity index (χ0n) is 13.1. The Morgan fingerprint density at radius 3 is 2.30 bits per heavy atom. The van der Waals surface area contributed by atoms with E-state index in [0.717, 1.165) is 51.4 Å². The van der Waals surface area contributed by atoms with Crippen molar-refractivity contribution in [2.45, 2.75) is 89.8 Å². The van der Waals surface area contributed by atoms with Crippen molar-refractivity contribution < 1.29 is 9.59 Å². The lowest BCUT2D eigenvalue weighted by atomic mass is 9.87. The molecule has 1 spiro atoms. The molecule has 0 bridgehead atoms. The highest BCUT2D eigenvalue weighted by molar-refractivity contribution is 6.00. The molecule has 4 heteroatoms. The maximum Gasteiger partial charge on any atom is 0.249 e. The average molecular weight is 280 g/mol. The summed E-state index contributed by atoms with van der Waals surface area (Å²) in [5.41, 5.74) is -0.579. The van der Waals surface area contributed by atoms with Gasteiger partial charge < -0.3 is 10.2 Å². The van der Waals surface area contributed by atoms with E-state index in [0.29, 0.717) is 0 Å². The summed E-state index contributed by atoms with van der Waals surface area (Å²) in [6, 6.07) is -0.0637. The van der Waals surface area contributed by atoms with Crippen LogP contribution in [-0.2, 0) is 9.59 Å². The van der Waals surface area contributed by atoms with Gasteiger partial charge in [0.15, 0.2) is 0 Å². The number of nitrogens with one attached hydrogen (secondary N) is 1. The molecule has 1 aliphatic heterocycles.